The molecule has 17 heavy (non-hydrogen) atoms. The topological polar surface area (TPSA) is 50.4 Å². The van der Waals surface area contributed by atoms with Crippen molar-refractivity contribution in [3.63, 3.8) is 0 Å². The van der Waals surface area contributed by atoms with Gasteiger partial charge in [-0.1, -0.05) is 6.92 Å². The van der Waals surface area contributed by atoms with Gasteiger partial charge < -0.3 is 15.4 Å². The molecule has 0 aromatic heterocycles. The lowest BCUT2D eigenvalue weighted by molar-refractivity contribution is -0.126. The van der Waals surface area contributed by atoms with Crippen LogP contribution >= 0.6 is 0 Å². The van der Waals surface area contributed by atoms with Crippen molar-refractivity contribution in [2.45, 2.75) is 39.7 Å². The zero-order valence-corrected chi connectivity index (χ0v) is 11.3. The fourth-order valence-electron chi connectivity index (χ4n) is 1.80. The Kier molecular flexibility index (Phi) is 6.52. The molecule has 1 heterocycles. The third-order valence-corrected chi connectivity index (χ3v) is 3.26. The quantitative estimate of drug-likeness (QED) is 0.628. The first-order valence-corrected chi connectivity index (χ1v) is 6.71. The molecule has 1 amide bonds. The molecule has 1 atom stereocenters. The molecule has 4 nitrogen and oxygen atoms in total. The summed E-state index contributed by atoms with van der Waals surface area (Å²) in [4.78, 5) is 11.7. The van der Waals surface area contributed by atoms with Crippen molar-refractivity contribution >= 4 is 5.91 Å². The molecule has 0 spiro atoms. The van der Waals surface area contributed by atoms with Gasteiger partial charge >= 0.3 is 0 Å². The predicted octanol–water partition coefficient (Wildman–Crippen LogP) is 1.16. The van der Waals surface area contributed by atoms with Crippen LogP contribution in [-0.4, -0.2) is 38.3 Å². The number of amides is 1. The molecule has 0 radical (unpaired) electrons. The second-order valence-corrected chi connectivity index (χ2v) is 5.12. The lowest BCUT2D eigenvalue weighted by Gasteiger charge is -2.31. The van der Waals surface area contributed by atoms with Gasteiger partial charge in [0.15, 0.2) is 0 Å². The van der Waals surface area contributed by atoms with Crippen LogP contribution in [0.4, 0.5) is 0 Å². The van der Waals surface area contributed by atoms with E-state index in [1.165, 1.54) is 0 Å². The lowest BCUT2D eigenvalue weighted by Crippen LogP contribution is -2.49. The highest BCUT2D eigenvalue weighted by atomic mass is 16.5. The summed E-state index contributed by atoms with van der Waals surface area (Å²) in [5, 5.41) is 6.19. The monoisotopic (exact) mass is 242 g/mol. The highest BCUT2D eigenvalue weighted by Gasteiger charge is 2.28. The minimum absolute atomic E-state index is 0.142. The largest absolute Gasteiger partial charge is 0.379 e. The van der Waals surface area contributed by atoms with Gasteiger partial charge in [0, 0.05) is 19.1 Å². The zero-order valence-electron chi connectivity index (χ0n) is 11.3. The van der Waals surface area contributed by atoms with Crippen molar-refractivity contribution in [3.05, 3.63) is 0 Å². The van der Waals surface area contributed by atoms with Crippen LogP contribution in [0.5, 0.6) is 0 Å². The molecule has 1 saturated heterocycles. The molecule has 0 aromatic rings. The van der Waals surface area contributed by atoms with Gasteiger partial charge in [-0.3, -0.25) is 4.79 Å². The molecule has 0 saturated carbocycles. The summed E-state index contributed by atoms with van der Waals surface area (Å²) >= 11 is 0. The summed E-state index contributed by atoms with van der Waals surface area (Å²) in [6.45, 7) is 9.61. The first kappa shape index (κ1) is 14.5. The van der Waals surface area contributed by atoms with Crippen molar-refractivity contribution in [1.82, 2.24) is 10.6 Å². The summed E-state index contributed by atoms with van der Waals surface area (Å²) in [5.41, 5.74) is 0. The smallest absolute Gasteiger partial charge is 0.223 e. The Labute approximate surface area is 104 Å². The number of carbonyl (C=O) groups excluding carboxylic acids is 1. The van der Waals surface area contributed by atoms with Crippen molar-refractivity contribution in [2.75, 3.05) is 26.2 Å². The molecule has 0 aliphatic carbocycles. The van der Waals surface area contributed by atoms with Crippen molar-refractivity contribution in [2.24, 2.45) is 11.8 Å². The van der Waals surface area contributed by atoms with Crippen LogP contribution in [0, 0.1) is 11.8 Å². The number of nitrogens with one attached hydrogen (secondary N) is 2. The summed E-state index contributed by atoms with van der Waals surface area (Å²) in [6, 6.07) is 0. The van der Waals surface area contributed by atoms with E-state index in [0.717, 1.165) is 39.1 Å². The van der Waals surface area contributed by atoms with Crippen LogP contribution in [0.3, 0.4) is 0 Å². The molecule has 0 aromatic carbocycles. The number of unbranched alkanes of at least 4 members (excludes halogenated alkanes) is 1. The third-order valence-electron chi connectivity index (χ3n) is 3.26. The van der Waals surface area contributed by atoms with E-state index in [1.54, 1.807) is 0 Å². The normalized spacial score (nSPS) is 17.9. The van der Waals surface area contributed by atoms with E-state index in [-0.39, 0.29) is 11.8 Å². The minimum atomic E-state index is 0.142. The Bertz CT molecular complexity index is 227. The van der Waals surface area contributed by atoms with Crippen molar-refractivity contribution in [3.8, 4) is 0 Å². The van der Waals surface area contributed by atoms with Gasteiger partial charge in [0.25, 0.3) is 0 Å². The molecule has 4 heteroatoms. The fourth-order valence-corrected chi connectivity index (χ4v) is 1.80. The SMILES string of the molecule is CC(C)OCCCCNC(=O)C(C)C1CNC1. The lowest BCUT2D eigenvalue weighted by atomic mass is 9.88. The van der Waals surface area contributed by atoms with Crippen LogP contribution in [-0.2, 0) is 9.53 Å². The third kappa shape index (κ3) is 5.50. The Balaban J connectivity index is 1.96. The zero-order chi connectivity index (χ0) is 12.7. The van der Waals surface area contributed by atoms with Gasteiger partial charge in [0.05, 0.1) is 6.10 Å². The summed E-state index contributed by atoms with van der Waals surface area (Å²) in [5.74, 6) is 0.865. The van der Waals surface area contributed by atoms with Crippen LogP contribution in [0.25, 0.3) is 0 Å². The minimum Gasteiger partial charge on any atom is -0.379 e. The highest BCUT2D eigenvalue weighted by Crippen LogP contribution is 2.15. The molecule has 1 rings (SSSR count). The van der Waals surface area contributed by atoms with E-state index in [4.69, 9.17) is 4.74 Å². The molecular formula is C13H26N2O2. The van der Waals surface area contributed by atoms with Gasteiger partial charge in [-0.2, -0.15) is 0 Å². The average molecular weight is 242 g/mol. The Morgan fingerprint density at radius 1 is 1.35 bits per heavy atom. The molecule has 100 valence electrons. The summed E-state index contributed by atoms with van der Waals surface area (Å²) < 4.78 is 5.44. The highest BCUT2D eigenvalue weighted by molar-refractivity contribution is 5.78. The maximum Gasteiger partial charge on any atom is 0.223 e. The van der Waals surface area contributed by atoms with Crippen molar-refractivity contribution < 1.29 is 9.53 Å². The number of carbonyl (C=O) groups is 1. The standard InChI is InChI=1S/C13H26N2O2/c1-10(2)17-7-5-4-6-15-13(16)11(3)12-8-14-9-12/h10-12,14H,4-9H2,1-3H3,(H,15,16). The predicted molar refractivity (Wildman–Crippen MR) is 68.9 cm³/mol. The second-order valence-electron chi connectivity index (χ2n) is 5.12. The Morgan fingerprint density at radius 2 is 2.06 bits per heavy atom. The van der Waals surface area contributed by atoms with Gasteiger partial charge in [0.2, 0.25) is 5.91 Å². The van der Waals surface area contributed by atoms with Gasteiger partial charge in [-0.15, -0.1) is 0 Å². The van der Waals surface area contributed by atoms with Crippen LogP contribution in [0.2, 0.25) is 0 Å². The first-order chi connectivity index (χ1) is 8.11. The molecular weight excluding hydrogens is 216 g/mol. The van der Waals surface area contributed by atoms with Gasteiger partial charge in [0.1, 0.15) is 0 Å². The number of rotatable bonds is 8. The molecule has 2 N–H and O–H groups in total. The molecule has 0 bridgehead atoms. The van der Waals surface area contributed by atoms with Gasteiger partial charge in [-0.25, -0.2) is 0 Å². The number of ether oxygens (including phenoxy) is 1. The Hall–Kier alpha value is -0.610. The Morgan fingerprint density at radius 3 is 2.59 bits per heavy atom. The summed E-state index contributed by atoms with van der Waals surface area (Å²) in [6.07, 6.45) is 2.31. The average Bonchev–Trinajstić information content (AvgIpc) is 2.19. The van der Waals surface area contributed by atoms with Crippen LogP contribution in [0.15, 0.2) is 0 Å². The van der Waals surface area contributed by atoms with E-state index >= 15 is 0 Å². The van der Waals surface area contributed by atoms with Gasteiger partial charge in [-0.05, 0) is 45.7 Å². The van der Waals surface area contributed by atoms with Crippen LogP contribution in [0.1, 0.15) is 33.6 Å². The molecule has 1 fully saturated rings. The van der Waals surface area contributed by atoms with E-state index in [1.807, 2.05) is 20.8 Å². The summed E-state index contributed by atoms with van der Waals surface area (Å²) in [7, 11) is 0. The molecule has 1 aliphatic heterocycles. The maximum absolute atomic E-state index is 11.7. The first-order valence-electron chi connectivity index (χ1n) is 6.71. The van der Waals surface area contributed by atoms with E-state index in [0.29, 0.717) is 12.0 Å². The molecule has 1 unspecified atom stereocenters. The maximum atomic E-state index is 11.7. The second kappa shape index (κ2) is 7.67. The van der Waals surface area contributed by atoms with E-state index in [2.05, 4.69) is 10.6 Å². The van der Waals surface area contributed by atoms with Crippen molar-refractivity contribution in [1.29, 1.82) is 0 Å². The van der Waals surface area contributed by atoms with E-state index in [9.17, 15) is 4.79 Å². The van der Waals surface area contributed by atoms with Crippen LogP contribution < -0.4 is 10.6 Å². The van der Waals surface area contributed by atoms with E-state index < -0.39 is 0 Å². The number of hydrogen-bond donors (Lipinski definition) is 2. The molecule has 1 aliphatic rings. The fraction of sp³-hybridized carbons (Fsp3) is 0.923. The number of hydrogen-bond acceptors (Lipinski definition) is 3.